The Morgan fingerprint density at radius 3 is 2.73 bits per heavy atom. The van der Waals surface area contributed by atoms with Gasteiger partial charge in [0, 0.05) is 11.3 Å². The molecule has 0 aliphatic heterocycles. The summed E-state index contributed by atoms with van der Waals surface area (Å²) < 4.78 is 0.297. The number of amides is 2. The van der Waals surface area contributed by atoms with Gasteiger partial charge in [-0.3, -0.25) is 9.59 Å². The Hall–Kier alpha value is -1.96. The van der Waals surface area contributed by atoms with Gasteiger partial charge >= 0.3 is 0 Å². The first-order chi connectivity index (χ1) is 12.4. The van der Waals surface area contributed by atoms with Gasteiger partial charge in [0.05, 0.1) is 18.3 Å². The molecule has 1 saturated carbocycles. The number of aryl methyl sites for hydroxylation is 1. The molecule has 1 heterocycles. The molecule has 26 heavy (non-hydrogen) atoms. The van der Waals surface area contributed by atoms with Gasteiger partial charge in [0.25, 0.3) is 11.8 Å². The molecule has 1 aliphatic rings. The van der Waals surface area contributed by atoms with E-state index in [1.54, 1.807) is 18.2 Å². The SMILES string of the molecule is Cc1ccc(C(=O)N[C@H]2CCCC[C@@H]2O)cc1NC(=O)c1cnc(Cl)s1. The summed E-state index contributed by atoms with van der Waals surface area (Å²) in [6.07, 6.45) is 4.36. The first kappa shape index (κ1) is 18.8. The van der Waals surface area contributed by atoms with Crippen molar-refractivity contribution in [2.75, 3.05) is 5.32 Å². The lowest BCUT2D eigenvalue weighted by Crippen LogP contribution is -2.45. The molecule has 1 aromatic carbocycles. The van der Waals surface area contributed by atoms with Gasteiger partial charge in [-0.15, -0.1) is 0 Å². The predicted octanol–water partition coefficient (Wildman–Crippen LogP) is 3.39. The van der Waals surface area contributed by atoms with Crippen molar-refractivity contribution >= 4 is 40.4 Å². The van der Waals surface area contributed by atoms with Crippen LogP contribution in [0.4, 0.5) is 5.69 Å². The van der Waals surface area contributed by atoms with Gasteiger partial charge < -0.3 is 15.7 Å². The fraction of sp³-hybridized carbons (Fsp3) is 0.389. The third-order valence-electron chi connectivity index (χ3n) is 4.50. The second-order valence-electron chi connectivity index (χ2n) is 6.39. The normalized spacial score (nSPS) is 19.8. The third-order valence-corrected chi connectivity index (χ3v) is 5.61. The first-order valence-corrected chi connectivity index (χ1v) is 9.66. The molecule has 1 fully saturated rings. The molecule has 3 N–H and O–H groups in total. The average Bonchev–Trinajstić information content (AvgIpc) is 3.05. The van der Waals surface area contributed by atoms with Crippen molar-refractivity contribution in [2.24, 2.45) is 0 Å². The van der Waals surface area contributed by atoms with Crippen molar-refractivity contribution in [1.82, 2.24) is 10.3 Å². The molecule has 138 valence electrons. The fourth-order valence-electron chi connectivity index (χ4n) is 2.97. The maximum Gasteiger partial charge on any atom is 0.267 e. The van der Waals surface area contributed by atoms with E-state index in [9.17, 15) is 14.7 Å². The van der Waals surface area contributed by atoms with Crippen LogP contribution in [0.2, 0.25) is 4.47 Å². The largest absolute Gasteiger partial charge is 0.391 e. The number of halogens is 1. The number of aromatic nitrogens is 1. The van der Waals surface area contributed by atoms with Crippen LogP contribution in [0.3, 0.4) is 0 Å². The molecule has 0 saturated heterocycles. The van der Waals surface area contributed by atoms with Crippen molar-refractivity contribution < 1.29 is 14.7 Å². The number of hydrogen-bond acceptors (Lipinski definition) is 5. The molecule has 0 bridgehead atoms. The van der Waals surface area contributed by atoms with Gasteiger partial charge in [0.1, 0.15) is 4.88 Å². The Labute approximate surface area is 160 Å². The minimum absolute atomic E-state index is 0.227. The van der Waals surface area contributed by atoms with Crippen LogP contribution in [0.1, 0.15) is 51.3 Å². The zero-order valence-corrected chi connectivity index (χ0v) is 15.9. The van der Waals surface area contributed by atoms with Crippen LogP contribution < -0.4 is 10.6 Å². The lowest BCUT2D eigenvalue weighted by molar-refractivity contribution is 0.0717. The van der Waals surface area contributed by atoms with Crippen molar-refractivity contribution in [3.63, 3.8) is 0 Å². The summed E-state index contributed by atoms with van der Waals surface area (Å²) in [5.41, 5.74) is 1.82. The Bertz CT molecular complexity index is 824. The topological polar surface area (TPSA) is 91.3 Å². The second kappa shape index (κ2) is 8.16. The van der Waals surface area contributed by atoms with Gasteiger partial charge in [-0.05, 0) is 37.5 Å². The van der Waals surface area contributed by atoms with Gasteiger partial charge in [-0.25, -0.2) is 4.98 Å². The average molecular weight is 394 g/mol. The highest BCUT2D eigenvalue weighted by molar-refractivity contribution is 7.17. The Morgan fingerprint density at radius 1 is 1.27 bits per heavy atom. The molecule has 0 unspecified atom stereocenters. The number of rotatable bonds is 4. The van der Waals surface area contributed by atoms with E-state index in [-0.39, 0.29) is 17.9 Å². The zero-order valence-electron chi connectivity index (χ0n) is 14.3. The highest BCUT2D eigenvalue weighted by atomic mass is 35.5. The number of aliphatic hydroxyl groups excluding tert-OH is 1. The summed E-state index contributed by atoms with van der Waals surface area (Å²) in [7, 11) is 0. The molecule has 0 spiro atoms. The summed E-state index contributed by atoms with van der Waals surface area (Å²) in [6, 6.07) is 4.90. The molecular weight excluding hydrogens is 374 g/mol. The molecule has 8 heteroatoms. The predicted molar refractivity (Wildman–Crippen MR) is 102 cm³/mol. The lowest BCUT2D eigenvalue weighted by atomic mass is 9.92. The molecule has 2 atom stereocenters. The van der Waals surface area contributed by atoms with Crippen LogP contribution in [0.15, 0.2) is 24.4 Å². The van der Waals surface area contributed by atoms with Crippen LogP contribution in [0.5, 0.6) is 0 Å². The van der Waals surface area contributed by atoms with Crippen molar-refractivity contribution in [3.05, 3.63) is 44.9 Å². The smallest absolute Gasteiger partial charge is 0.267 e. The summed E-state index contributed by atoms with van der Waals surface area (Å²) in [6.45, 7) is 1.85. The number of thiazole rings is 1. The number of benzene rings is 1. The van der Waals surface area contributed by atoms with E-state index in [2.05, 4.69) is 15.6 Å². The molecule has 1 aromatic heterocycles. The zero-order chi connectivity index (χ0) is 18.7. The van der Waals surface area contributed by atoms with E-state index < -0.39 is 6.10 Å². The number of anilines is 1. The first-order valence-electron chi connectivity index (χ1n) is 8.46. The lowest BCUT2D eigenvalue weighted by Gasteiger charge is -2.28. The van der Waals surface area contributed by atoms with E-state index in [0.717, 1.165) is 36.2 Å². The van der Waals surface area contributed by atoms with E-state index in [4.69, 9.17) is 11.6 Å². The minimum Gasteiger partial charge on any atom is -0.391 e. The number of nitrogens with one attached hydrogen (secondary N) is 2. The maximum absolute atomic E-state index is 12.5. The standard InChI is InChI=1S/C18H20ClN3O3S/c1-10-6-7-11(16(24)21-12-4-2-3-5-14(12)23)8-13(10)22-17(25)15-9-20-18(19)26-15/h6-9,12,14,23H,2-5H2,1H3,(H,21,24)(H,22,25)/t12-,14-/m0/s1. The highest BCUT2D eigenvalue weighted by Gasteiger charge is 2.25. The number of nitrogens with zero attached hydrogens (tertiary/aromatic N) is 1. The Kier molecular flexibility index (Phi) is 5.90. The van der Waals surface area contributed by atoms with Crippen molar-refractivity contribution in [1.29, 1.82) is 0 Å². The van der Waals surface area contributed by atoms with Crippen LogP contribution in [-0.4, -0.2) is 34.1 Å². The summed E-state index contributed by atoms with van der Waals surface area (Å²) in [5.74, 6) is -0.579. The van der Waals surface area contributed by atoms with E-state index in [1.165, 1.54) is 6.20 Å². The van der Waals surface area contributed by atoms with Crippen LogP contribution in [0, 0.1) is 6.92 Å². The maximum atomic E-state index is 12.5. The van der Waals surface area contributed by atoms with Gasteiger partial charge in [-0.2, -0.15) is 0 Å². The molecular formula is C18H20ClN3O3S. The monoisotopic (exact) mass is 393 g/mol. The number of carbonyl (C=O) groups is 2. The molecule has 3 rings (SSSR count). The summed E-state index contributed by atoms with van der Waals surface area (Å²) >= 11 is 6.85. The van der Waals surface area contributed by atoms with Gasteiger partial charge in [0.15, 0.2) is 4.47 Å². The quantitative estimate of drug-likeness (QED) is 0.742. The minimum atomic E-state index is -0.506. The number of hydrogen-bond donors (Lipinski definition) is 3. The van der Waals surface area contributed by atoms with Crippen LogP contribution >= 0.6 is 22.9 Å². The molecule has 0 radical (unpaired) electrons. The van der Waals surface area contributed by atoms with Crippen molar-refractivity contribution in [2.45, 2.75) is 44.8 Å². The Balaban J connectivity index is 1.72. The molecule has 2 aromatic rings. The summed E-state index contributed by atoms with van der Waals surface area (Å²) in [5, 5.41) is 15.7. The fourth-order valence-corrected chi connectivity index (χ4v) is 3.81. The molecule has 6 nitrogen and oxygen atoms in total. The number of carbonyl (C=O) groups excluding carboxylic acids is 2. The number of aliphatic hydroxyl groups is 1. The van der Waals surface area contributed by atoms with E-state index >= 15 is 0 Å². The molecule has 2 amide bonds. The highest BCUT2D eigenvalue weighted by Crippen LogP contribution is 2.23. The molecule has 1 aliphatic carbocycles. The second-order valence-corrected chi connectivity index (χ2v) is 8.01. The van der Waals surface area contributed by atoms with E-state index in [1.807, 2.05) is 6.92 Å². The Morgan fingerprint density at radius 2 is 2.04 bits per heavy atom. The van der Waals surface area contributed by atoms with Gasteiger partial charge in [-0.1, -0.05) is 41.8 Å². The third kappa shape index (κ3) is 4.41. The summed E-state index contributed by atoms with van der Waals surface area (Å²) in [4.78, 5) is 29.1. The van der Waals surface area contributed by atoms with Crippen LogP contribution in [0.25, 0.3) is 0 Å². The van der Waals surface area contributed by atoms with Crippen LogP contribution in [-0.2, 0) is 0 Å². The van der Waals surface area contributed by atoms with Crippen molar-refractivity contribution in [3.8, 4) is 0 Å². The van der Waals surface area contributed by atoms with Gasteiger partial charge in [0.2, 0.25) is 0 Å². The van der Waals surface area contributed by atoms with E-state index in [0.29, 0.717) is 27.0 Å².